The number of aryl methyl sites for hydroxylation is 2. The van der Waals surface area contributed by atoms with Crippen molar-refractivity contribution in [1.29, 1.82) is 0 Å². The van der Waals surface area contributed by atoms with Gasteiger partial charge >= 0.3 is 0 Å². The molecule has 0 spiro atoms. The monoisotopic (exact) mass is 279 g/mol. The van der Waals surface area contributed by atoms with E-state index in [9.17, 15) is 0 Å². The van der Waals surface area contributed by atoms with Gasteiger partial charge in [-0.25, -0.2) is 4.98 Å². The average Bonchev–Trinajstić information content (AvgIpc) is 2.50. The van der Waals surface area contributed by atoms with Crippen LogP contribution in [0, 0.1) is 0 Å². The first-order chi connectivity index (χ1) is 9.90. The largest absolute Gasteiger partial charge is 0.380 e. The van der Waals surface area contributed by atoms with Crippen LogP contribution < -0.4 is 10.6 Å². The van der Waals surface area contributed by atoms with E-state index in [0.29, 0.717) is 0 Å². The summed E-state index contributed by atoms with van der Waals surface area (Å²) < 4.78 is 5.28. The molecule has 0 aromatic carbocycles. The number of hydrogen-bond acceptors (Lipinski definition) is 4. The van der Waals surface area contributed by atoms with Crippen molar-refractivity contribution in [2.75, 3.05) is 38.2 Å². The maximum absolute atomic E-state index is 5.28. The second-order valence-corrected chi connectivity index (χ2v) is 5.24. The highest BCUT2D eigenvalue weighted by Gasteiger charge is 2.09. The van der Waals surface area contributed by atoms with Crippen molar-refractivity contribution < 1.29 is 6.16 Å². The van der Waals surface area contributed by atoms with Crippen molar-refractivity contribution in [3.63, 3.8) is 0 Å². The number of hydrogen-bond donors (Lipinski definition) is 2. The summed E-state index contributed by atoms with van der Waals surface area (Å²) >= 11 is 0. The quantitative estimate of drug-likeness (QED) is 0.682. The lowest BCUT2D eigenvalue weighted by molar-refractivity contribution is 0.149. The van der Waals surface area contributed by atoms with Crippen LogP contribution in [0.3, 0.4) is 0 Å². The Morgan fingerprint density at radius 1 is 1.35 bits per heavy atom. The van der Waals surface area contributed by atoms with Crippen molar-refractivity contribution in [3.8, 4) is 0 Å². The molecule has 0 atom stereocenters. The lowest BCUT2D eigenvalue weighted by Crippen LogP contribution is -2.21. The number of nitrogens with zero attached hydrogens (tertiary/aromatic N) is 1. The van der Waals surface area contributed by atoms with Crippen LogP contribution in [0.15, 0.2) is 12.1 Å². The Morgan fingerprint density at radius 2 is 2.30 bits per heavy atom. The van der Waals surface area contributed by atoms with Crippen molar-refractivity contribution >= 4 is 5.82 Å². The van der Waals surface area contributed by atoms with Crippen LogP contribution >= 0.6 is 0 Å². The Morgan fingerprint density at radius 3 is 3.20 bits per heavy atom. The molecule has 1 aliphatic heterocycles. The smallest absolute Gasteiger partial charge is 0.129 e. The lowest BCUT2D eigenvalue weighted by Gasteiger charge is -2.17. The Kier molecular flexibility index (Phi) is 6.81. The summed E-state index contributed by atoms with van der Waals surface area (Å²) in [5.74, 6) is 1.11. The SMILES string of the molecule is CCOCCNCCCCc1ccc2c(n1)NCCC2.[HH]. The van der Waals surface area contributed by atoms with E-state index < -0.39 is 0 Å². The summed E-state index contributed by atoms with van der Waals surface area (Å²) in [6.45, 7) is 6.73. The van der Waals surface area contributed by atoms with Crippen LogP contribution in [0.5, 0.6) is 0 Å². The van der Waals surface area contributed by atoms with Crippen molar-refractivity contribution in [2.24, 2.45) is 0 Å². The molecule has 2 rings (SSSR count). The molecule has 2 heterocycles. The molecule has 0 saturated heterocycles. The first-order valence-corrected chi connectivity index (χ1v) is 7.91. The molecule has 0 fully saturated rings. The van der Waals surface area contributed by atoms with Crippen LogP contribution in [-0.4, -0.2) is 37.8 Å². The van der Waals surface area contributed by atoms with Gasteiger partial charge in [0.05, 0.1) is 6.61 Å². The van der Waals surface area contributed by atoms with E-state index in [-0.39, 0.29) is 1.43 Å². The predicted molar refractivity (Wildman–Crippen MR) is 85.5 cm³/mol. The summed E-state index contributed by atoms with van der Waals surface area (Å²) in [5.41, 5.74) is 2.59. The molecule has 4 heteroatoms. The molecular weight excluding hydrogens is 250 g/mol. The fourth-order valence-corrected chi connectivity index (χ4v) is 2.48. The summed E-state index contributed by atoms with van der Waals surface area (Å²) in [7, 11) is 0. The first kappa shape index (κ1) is 15.3. The van der Waals surface area contributed by atoms with Gasteiger partial charge in [0.15, 0.2) is 0 Å². The molecule has 0 bridgehead atoms. The van der Waals surface area contributed by atoms with E-state index in [0.717, 1.165) is 45.1 Å². The molecule has 0 amide bonds. The first-order valence-electron chi connectivity index (χ1n) is 7.91. The van der Waals surface area contributed by atoms with E-state index >= 15 is 0 Å². The van der Waals surface area contributed by atoms with Crippen LogP contribution in [0.4, 0.5) is 5.82 Å². The van der Waals surface area contributed by atoms with E-state index in [1.807, 2.05) is 6.92 Å². The van der Waals surface area contributed by atoms with Crippen molar-refractivity contribution in [3.05, 3.63) is 23.4 Å². The van der Waals surface area contributed by atoms with Gasteiger partial charge in [-0.1, -0.05) is 6.07 Å². The zero-order valence-electron chi connectivity index (χ0n) is 12.6. The van der Waals surface area contributed by atoms with Crippen molar-refractivity contribution in [1.82, 2.24) is 10.3 Å². The standard InChI is InChI=1S/C16H27N3O.H2/c1-2-20-13-12-17-10-4-3-7-15-9-8-14-6-5-11-18-16(14)19-15;/h8-9,17H,2-7,10-13H2,1H3,(H,18,19);1H. The van der Waals surface area contributed by atoms with Crippen LogP contribution in [0.2, 0.25) is 0 Å². The van der Waals surface area contributed by atoms with Crippen LogP contribution in [0.1, 0.15) is 38.9 Å². The van der Waals surface area contributed by atoms with Gasteiger partial charge in [-0.15, -0.1) is 0 Å². The summed E-state index contributed by atoms with van der Waals surface area (Å²) in [6, 6.07) is 4.43. The van der Waals surface area contributed by atoms with Gasteiger partial charge in [0.1, 0.15) is 5.82 Å². The number of rotatable bonds is 9. The zero-order valence-corrected chi connectivity index (χ0v) is 12.6. The molecule has 2 N–H and O–H groups in total. The predicted octanol–water partition coefficient (Wildman–Crippen LogP) is 2.63. The number of aromatic nitrogens is 1. The van der Waals surface area contributed by atoms with Crippen LogP contribution in [0.25, 0.3) is 0 Å². The number of nitrogens with one attached hydrogen (secondary N) is 2. The molecule has 0 radical (unpaired) electrons. The number of fused-ring (bicyclic) bond motifs is 1. The minimum absolute atomic E-state index is 0. The fraction of sp³-hybridized carbons (Fsp3) is 0.688. The van der Waals surface area contributed by atoms with Gasteiger partial charge in [-0.05, 0) is 57.2 Å². The summed E-state index contributed by atoms with van der Waals surface area (Å²) in [6.07, 6.45) is 5.84. The lowest BCUT2D eigenvalue weighted by atomic mass is 10.1. The second kappa shape index (κ2) is 8.93. The zero-order chi connectivity index (χ0) is 14.0. The maximum atomic E-state index is 5.28. The molecule has 1 aliphatic rings. The fourth-order valence-electron chi connectivity index (χ4n) is 2.48. The third-order valence-corrected chi connectivity index (χ3v) is 3.62. The highest BCUT2D eigenvalue weighted by Crippen LogP contribution is 2.20. The molecule has 114 valence electrons. The van der Waals surface area contributed by atoms with Gasteiger partial charge in [0.25, 0.3) is 0 Å². The third-order valence-electron chi connectivity index (χ3n) is 3.62. The molecule has 0 aliphatic carbocycles. The molecule has 0 unspecified atom stereocenters. The molecular formula is C16H29N3O. The normalized spacial score (nSPS) is 13.8. The van der Waals surface area contributed by atoms with E-state index in [1.54, 1.807) is 0 Å². The van der Waals surface area contributed by atoms with E-state index in [4.69, 9.17) is 9.72 Å². The average molecular weight is 279 g/mol. The van der Waals surface area contributed by atoms with Gasteiger partial charge in [-0.2, -0.15) is 0 Å². The Labute approximate surface area is 123 Å². The highest BCUT2D eigenvalue weighted by molar-refractivity contribution is 5.46. The Hall–Kier alpha value is -1.13. The number of anilines is 1. The van der Waals surface area contributed by atoms with Crippen LogP contribution in [-0.2, 0) is 17.6 Å². The summed E-state index contributed by atoms with van der Waals surface area (Å²) in [5, 5.41) is 6.79. The second-order valence-electron chi connectivity index (χ2n) is 5.24. The molecule has 0 saturated carbocycles. The van der Waals surface area contributed by atoms with Gasteiger partial charge < -0.3 is 15.4 Å². The van der Waals surface area contributed by atoms with Gasteiger partial charge in [-0.3, -0.25) is 0 Å². The number of unbranched alkanes of at least 4 members (excludes halogenated alkanes) is 1. The highest BCUT2D eigenvalue weighted by atomic mass is 16.5. The molecule has 1 aromatic rings. The maximum Gasteiger partial charge on any atom is 0.129 e. The number of pyridine rings is 1. The molecule has 1 aromatic heterocycles. The minimum Gasteiger partial charge on any atom is -0.380 e. The van der Waals surface area contributed by atoms with E-state index in [2.05, 4.69) is 22.8 Å². The van der Waals surface area contributed by atoms with Gasteiger partial charge in [0.2, 0.25) is 0 Å². The minimum atomic E-state index is 0. The topological polar surface area (TPSA) is 46.2 Å². The van der Waals surface area contributed by atoms with Crippen molar-refractivity contribution in [2.45, 2.75) is 39.0 Å². The van der Waals surface area contributed by atoms with E-state index in [1.165, 1.54) is 36.9 Å². The Balaban J connectivity index is 0.00000220. The molecule has 4 nitrogen and oxygen atoms in total. The Bertz CT molecular complexity index is 401. The molecule has 20 heavy (non-hydrogen) atoms. The van der Waals surface area contributed by atoms with Gasteiger partial charge in [0, 0.05) is 26.8 Å². The summed E-state index contributed by atoms with van der Waals surface area (Å²) in [4.78, 5) is 4.72. The number of ether oxygens (including phenoxy) is 1. The third kappa shape index (κ3) is 5.10.